The zero-order chi connectivity index (χ0) is 17.3. The maximum atomic E-state index is 10.9. The first-order chi connectivity index (χ1) is 11.3. The predicted octanol–water partition coefficient (Wildman–Crippen LogP) is 0.885. The van der Waals surface area contributed by atoms with Crippen LogP contribution in [0.2, 0.25) is 0 Å². The topological polar surface area (TPSA) is 153 Å². The Kier molecular flexibility index (Phi) is 5.96. The molecule has 25 heavy (non-hydrogen) atoms. The summed E-state index contributed by atoms with van der Waals surface area (Å²) in [6.07, 6.45) is 9.46. The van der Waals surface area contributed by atoms with Gasteiger partial charge in [-0.25, -0.2) is 4.28 Å². The molecule has 0 amide bonds. The minimum absolute atomic E-state index is 0. The highest BCUT2D eigenvalue weighted by molar-refractivity contribution is 7.80. The van der Waals surface area contributed by atoms with E-state index in [4.69, 9.17) is 16.0 Å². The lowest BCUT2D eigenvalue weighted by Crippen LogP contribution is -2.50. The first kappa shape index (κ1) is 19.5. The van der Waals surface area contributed by atoms with E-state index in [2.05, 4.69) is 9.18 Å². The van der Waals surface area contributed by atoms with E-state index in [0.29, 0.717) is 12.1 Å². The summed E-state index contributed by atoms with van der Waals surface area (Å²) in [6, 6.07) is 4.26. The van der Waals surface area contributed by atoms with Gasteiger partial charge in [-0.2, -0.15) is 8.42 Å². The second-order valence-corrected chi connectivity index (χ2v) is 7.65. The Morgan fingerprint density at radius 2 is 1.40 bits per heavy atom. The molecule has 0 saturated heterocycles. The molecule has 0 aliphatic heterocycles. The van der Waals surface area contributed by atoms with E-state index < -0.39 is 10.4 Å². The Balaban J connectivity index is 0.00000225. The van der Waals surface area contributed by atoms with Crippen molar-refractivity contribution in [2.45, 2.75) is 63.5 Å². The van der Waals surface area contributed by atoms with Crippen LogP contribution < -0.4 is 25.4 Å². The summed E-state index contributed by atoms with van der Waals surface area (Å²) in [6.45, 7) is 0. The lowest BCUT2D eigenvalue weighted by molar-refractivity contribution is -0.833. The Morgan fingerprint density at radius 3 is 1.76 bits per heavy atom. The highest BCUT2D eigenvalue weighted by atomic mass is 32.3. The summed E-state index contributed by atoms with van der Waals surface area (Å²) in [5.41, 5.74) is 12.7. The van der Waals surface area contributed by atoms with Crippen molar-refractivity contribution in [3.8, 4) is 0 Å². The lowest BCUT2D eigenvalue weighted by atomic mass is 10.1. The van der Waals surface area contributed by atoms with Crippen LogP contribution in [0.15, 0.2) is 12.1 Å². The molecule has 142 valence electrons. The van der Waals surface area contributed by atoms with Gasteiger partial charge in [-0.05, 0) is 30.4 Å². The van der Waals surface area contributed by atoms with E-state index in [1.165, 1.54) is 25.7 Å². The fourth-order valence-electron chi connectivity index (χ4n) is 4.02. The van der Waals surface area contributed by atoms with Crippen LogP contribution in [0.25, 0.3) is 0 Å². The zero-order valence-electron chi connectivity index (χ0n) is 14.0. The van der Waals surface area contributed by atoms with Crippen molar-refractivity contribution in [1.82, 2.24) is 0 Å². The predicted molar refractivity (Wildman–Crippen MR) is 92.5 cm³/mol. The summed E-state index contributed by atoms with van der Waals surface area (Å²) in [5.74, 6) is 0.0623. The molecule has 3 rings (SSSR count). The minimum atomic E-state index is -4.70. The number of aromatic nitrogens is 1. The van der Waals surface area contributed by atoms with E-state index in [9.17, 15) is 8.42 Å². The molecule has 0 unspecified atom stereocenters. The number of nitrogens with two attached hydrogens (primary N) is 2. The highest BCUT2D eigenvalue weighted by Gasteiger charge is 2.32. The van der Waals surface area contributed by atoms with Gasteiger partial charge >= 0.3 is 10.4 Å². The Hall–Kier alpha value is -1.78. The molecule has 2 aliphatic rings. The molecule has 6 N–H and O–H groups in total. The van der Waals surface area contributed by atoms with Gasteiger partial charge in [0.25, 0.3) is 11.6 Å². The number of anilines is 3. The number of pyridine rings is 1. The van der Waals surface area contributed by atoms with Crippen molar-refractivity contribution in [2.24, 2.45) is 0 Å². The van der Waals surface area contributed by atoms with Crippen LogP contribution in [0.3, 0.4) is 0 Å². The van der Waals surface area contributed by atoms with Crippen LogP contribution in [0, 0.1) is 0 Å². The molecule has 2 fully saturated rings. The normalized spacial score (nSPS) is 18.9. The van der Waals surface area contributed by atoms with Gasteiger partial charge in [0.15, 0.2) is 0 Å². The average molecular weight is 374 g/mol. The van der Waals surface area contributed by atoms with Crippen molar-refractivity contribution >= 4 is 27.7 Å². The number of hydrogen-bond acceptors (Lipinski definition) is 7. The van der Waals surface area contributed by atoms with E-state index in [1.54, 1.807) is 12.1 Å². The van der Waals surface area contributed by atoms with Crippen LogP contribution in [0.1, 0.15) is 51.4 Å². The zero-order valence-corrected chi connectivity index (χ0v) is 14.9. The Morgan fingerprint density at radius 1 is 1.00 bits per heavy atom. The summed E-state index contributed by atoms with van der Waals surface area (Å²) < 4.78 is 35.9. The highest BCUT2D eigenvalue weighted by Crippen LogP contribution is 2.36. The van der Waals surface area contributed by atoms with Gasteiger partial charge in [0.1, 0.15) is 0 Å². The molecule has 0 atom stereocenters. The molecule has 0 spiro atoms. The molecule has 0 bridgehead atoms. The van der Waals surface area contributed by atoms with Crippen LogP contribution in [-0.4, -0.2) is 30.5 Å². The van der Waals surface area contributed by atoms with Crippen molar-refractivity contribution in [2.75, 3.05) is 16.4 Å². The molecule has 1 aromatic heterocycles. The summed E-state index contributed by atoms with van der Waals surface area (Å²) in [7, 11) is -4.70. The van der Waals surface area contributed by atoms with Gasteiger partial charge in [0.05, 0.1) is 5.69 Å². The third-order valence-corrected chi connectivity index (χ3v) is 5.30. The smallest absolute Gasteiger partial charge is 0.476 e. The van der Waals surface area contributed by atoms with Gasteiger partial charge in [-0.3, -0.25) is 4.55 Å². The number of rotatable bonds is 5. The molecule has 9 nitrogen and oxygen atoms in total. The van der Waals surface area contributed by atoms with Crippen molar-refractivity contribution in [1.29, 1.82) is 0 Å². The monoisotopic (exact) mass is 374 g/mol. The van der Waals surface area contributed by atoms with Crippen LogP contribution in [-0.2, 0) is 10.4 Å². The van der Waals surface area contributed by atoms with Crippen molar-refractivity contribution in [3.05, 3.63) is 12.1 Å². The Labute approximate surface area is 147 Å². The fraction of sp³-hybridized carbons (Fsp3) is 0.667. The van der Waals surface area contributed by atoms with Crippen molar-refractivity contribution in [3.63, 3.8) is 0 Å². The van der Waals surface area contributed by atoms with Crippen LogP contribution in [0.4, 0.5) is 17.3 Å². The van der Waals surface area contributed by atoms with E-state index in [-0.39, 0.29) is 17.1 Å². The van der Waals surface area contributed by atoms with Gasteiger partial charge in [-0.1, -0.05) is 25.7 Å². The maximum absolute atomic E-state index is 10.9. The maximum Gasteiger partial charge on any atom is 0.476 e. The van der Waals surface area contributed by atoms with Gasteiger partial charge < -0.3 is 21.8 Å². The number of nitrogen functional groups attached to an aromatic ring is 2. The molecule has 1 aromatic rings. The molecule has 10 heteroatoms. The Bertz CT molecular complexity index is 661. The first-order valence-electron chi connectivity index (χ1n) is 8.42. The molecule has 0 aromatic carbocycles. The lowest BCUT2D eigenvalue weighted by Gasteiger charge is -2.36. The first-order valence-corrected chi connectivity index (χ1v) is 9.78. The number of hydrogen-bond donors (Lipinski definition) is 3. The minimum Gasteiger partial charge on any atom is -0.870 e. The molecular weight excluding hydrogens is 348 g/mol. The van der Waals surface area contributed by atoms with Gasteiger partial charge in [-0.15, -0.1) is 0 Å². The van der Waals surface area contributed by atoms with E-state index >= 15 is 0 Å². The van der Waals surface area contributed by atoms with Crippen molar-refractivity contribution < 1.29 is 27.5 Å². The second-order valence-electron chi connectivity index (χ2n) is 6.64. The summed E-state index contributed by atoms with van der Waals surface area (Å²) in [4.78, 5) is 2.41. The van der Waals surface area contributed by atoms with Gasteiger partial charge in [0, 0.05) is 24.2 Å². The quantitative estimate of drug-likeness (QED) is 0.507. The van der Waals surface area contributed by atoms with E-state index in [0.717, 1.165) is 36.1 Å². The molecular formula is C15H26N4O5S. The molecule has 0 radical (unpaired) electrons. The SMILES string of the molecule is Nc1cc(N(C2CCCC2)C2CCCC2)cc(N)[n+]1OS(=O)(=O)O.[OH-]. The number of nitrogens with zero attached hydrogens (tertiary/aromatic N) is 2. The second kappa shape index (κ2) is 7.63. The van der Waals surface area contributed by atoms with E-state index in [1.807, 2.05) is 0 Å². The molecule has 2 aliphatic carbocycles. The largest absolute Gasteiger partial charge is 0.870 e. The summed E-state index contributed by atoms with van der Waals surface area (Å²) in [5, 5.41) is 0. The fourth-order valence-corrected chi connectivity index (χ4v) is 4.39. The van der Waals surface area contributed by atoms with Gasteiger partial charge in [0.2, 0.25) is 0 Å². The van der Waals surface area contributed by atoms with Crippen LogP contribution >= 0.6 is 0 Å². The average Bonchev–Trinajstić information content (AvgIpc) is 3.16. The molecule has 2 saturated carbocycles. The standard InChI is InChI=1S/C15H24N4O4S.H2O/c16-14-9-13(10-15(17)19(14)23-24(20,21)22)18(11-5-1-2-6-11)12-7-3-4-8-12;/h9-12H,1-8H2,(H4,16,17,20,21,22);1H2. The summed E-state index contributed by atoms with van der Waals surface area (Å²) >= 11 is 0. The third-order valence-electron chi connectivity index (χ3n) is 4.96. The third kappa shape index (κ3) is 4.44. The van der Waals surface area contributed by atoms with Crippen LogP contribution in [0.5, 0.6) is 0 Å². The molecule has 1 heterocycles.